The molecule has 0 unspecified atom stereocenters. The number of hydrogen-bond acceptors (Lipinski definition) is 2. The molecule has 3 rings (SSSR count). The maximum atomic E-state index is 5.97. The van der Waals surface area contributed by atoms with E-state index in [0.717, 1.165) is 36.4 Å². The van der Waals surface area contributed by atoms with Crippen molar-refractivity contribution in [1.29, 1.82) is 0 Å². The minimum absolute atomic E-state index is 0.904. The zero-order chi connectivity index (χ0) is 14.7. The van der Waals surface area contributed by atoms with E-state index >= 15 is 0 Å². The van der Waals surface area contributed by atoms with Gasteiger partial charge in [-0.1, -0.05) is 36.8 Å². The summed E-state index contributed by atoms with van der Waals surface area (Å²) in [6.45, 7) is 6.24. The average Bonchev–Trinajstić information content (AvgIpc) is 2.91. The van der Waals surface area contributed by atoms with Crippen LogP contribution in [0, 0.1) is 6.92 Å². The molecule has 0 aliphatic carbocycles. The number of rotatable bonds is 5. The van der Waals surface area contributed by atoms with E-state index in [2.05, 4.69) is 61.6 Å². The van der Waals surface area contributed by atoms with Gasteiger partial charge in [0.05, 0.1) is 0 Å². The first kappa shape index (κ1) is 13.9. The average molecular weight is 279 g/mol. The van der Waals surface area contributed by atoms with Crippen LogP contribution in [-0.2, 0) is 6.54 Å². The SMILES string of the molecule is CCCNCc1cccc(-c2cc3cc(C)ccc3o2)c1. The second kappa shape index (κ2) is 6.15. The topological polar surface area (TPSA) is 25.2 Å². The predicted octanol–water partition coefficient (Wildman–Crippen LogP) is 4.91. The van der Waals surface area contributed by atoms with Crippen LogP contribution in [0.15, 0.2) is 52.9 Å². The van der Waals surface area contributed by atoms with Gasteiger partial charge < -0.3 is 9.73 Å². The van der Waals surface area contributed by atoms with Crippen molar-refractivity contribution in [2.45, 2.75) is 26.8 Å². The van der Waals surface area contributed by atoms with Crippen LogP contribution >= 0.6 is 0 Å². The lowest BCUT2D eigenvalue weighted by atomic mass is 10.1. The highest BCUT2D eigenvalue weighted by Gasteiger charge is 2.07. The Balaban J connectivity index is 1.89. The molecule has 108 valence electrons. The minimum Gasteiger partial charge on any atom is -0.456 e. The highest BCUT2D eigenvalue weighted by molar-refractivity contribution is 5.83. The van der Waals surface area contributed by atoms with Gasteiger partial charge in [0.15, 0.2) is 0 Å². The summed E-state index contributed by atoms with van der Waals surface area (Å²) < 4.78 is 5.97. The largest absolute Gasteiger partial charge is 0.456 e. The zero-order valence-electron chi connectivity index (χ0n) is 12.6. The molecular weight excluding hydrogens is 258 g/mol. The van der Waals surface area contributed by atoms with Crippen molar-refractivity contribution in [3.05, 3.63) is 59.7 Å². The summed E-state index contributed by atoms with van der Waals surface area (Å²) in [5.41, 5.74) is 4.63. The number of aryl methyl sites for hydroxylation is 1. The molecule has 0 amide bonds. The summed E-state index contributed by atoms with van der Waals surface area (Å²) in [7, 11) is 0. The van der Waals surface area contributed by atoms with Crippen LogP contribution in [0.4, 0.5) is 0 Å². The second-order valence-electron chi connectivity index (χ2n) is 5.53. The van der Waals surface area contributed by atoms with E-state index in [9.17, 15) is 0 Å². The monoisotopic (exact) mass is 279 g/mol. The lowest BCUT2D eigenvalue weighted by molar-refractivity contribution is 0.631. The van der Waals surface area contributed by atoms with E-state index in [1.807, 2.05) is 6.07 Å². The third-order valence-corrected chi connectivity index (χ3v) is 3.64. The maximum absolute atomic E-state index is 5.97. The fourth-order valence-corrected chi connectivity index (χ4v) is 2.55. The Morgan fingerprint density at radius 3 is 2.81 bits per heavy atom. The first-order chi connectivity index (χ1) is 10.3. The van der Waals surface area contributed by atoms with Crippen molar-refractivity contribution in [3.8, 4) is 11.3 Å². The number of nitrogens with one attached hydrogen (secondary N) is 1. The molecule has 2 nitrogen and oxygen atoms in total. The van der Waals surface area contributed by atoms with Crippen LogP contribution in [0.1, 0.15) is 24.5 Å². The van der Waals surface area contributed by atoms with Gasteiger partial charge in [-0.3, -0.25) is 0 Å². The molecule has 0 atom stereocenters. The van der Waals surface area contributed by atoms with Crippen LogP contribution in [-0.4, -0.2) is 6.54 Å². The molecule has 1 heterocycles. The van der Waals surface area contributed by atoms with E-state index < -0.39 is 0 Å². The molecule has 0 aliphatic heterocycles. The predicted molar refractivity (Wildman–Crippen MR) is 88.4 cm³/mol. The van der Waals surface area contributed by atoms with Crippen molar-refractivity contribution >= 4 is 11.0 Å². The number of benzene rings is 2. The Labute approximate surface area is 125 Å². The molecule has 0 bridgehead atoms. The van der Waals surface area contributed by atoms with Crippen LogP contribution in [0.5, 0.6) is 0 Å². The fraction of sp³-hybridized carbons (Fsp3) is 0.263. The number of furan rings is 1. The highest BCUT2D eigenvalue weighted by Crippen LogP contribution is 2.28. The van der Waals surface area contributed by atoms with Gasteiger partial charge in [0.2, 0.25) is 0 Å². The van der Waals surface area contributed by atoms with Crippen molar-refractivity contribution in [2.24, 2.45) is 0 Å². The fourth-order valence-electron chi connectivity index (χ4n) is 2.55. The molecule has 0 saturated carbocycles. The van der Waals surface area contributed by atoms with Gasteiger partial charge in [-0.05, 0) is 49.7 Å². The van der Waals surface area contributed by atoms with E-state index in [1.165, 1.54) is 16.5 Å². The van der Waals surface area contributed by atoms with Crippen LogP contribution < -0.4 is 5.32 Å². The lowest BCUT2D eigenvalue weighted by Crippen LogP contribution is -2.13. The number of hydrogen-bond donors (Lipinski definition) is 1. The Morgan fingerprint density at radius 2 is 1.95 bits per heavy atom. The Hall–Kier alpha value is -2.06. The second-order valence-corrected chi connectivity index (χ2v) is 5.53. The third kappa shape index (κ3) is 3.17. The lowest BCUT2D eigenvalue weighted by Gasteiger charge is -2.04. The first-order valence-corrected chi connectivity index (χ1v) is 7.56. The first-order valence-electron chi connectivity index (χ1n) is 7.56. The van der Waals surface area contributed by atoms with Gasteiger partial charge in [-0.2, -0.15) is 0 Å². The summed E-state index contributed by atoms with van der Waals surface area (Å²) in [6, 6.07) is 17.0. The Morgan fingerprint density at radius 1 is 1.05 bits per heavy atom. The van der Waals surface area contributed by atoms with Crippen molar-refractivity contribution < 1.29 is 4.42 Å². The quantitative estimate of drug-likeness (QED) is 0.671. The molecule has 2 heteroatoms. The molecule has 0 spiro atoms. The molecule has 3 aromatic rings. The molecule has 21 heavy (non-hydrogen) atoms. The van der Waals surface area contributed by atoms with Gasteiger partial charge in [0.25, 0.3) is 0 Å². The molecule has 2 aromatic carbocycles. The minimum atomic E-state index is 0.904. The Kier molecular flexibility index (Phi) is 4.07. The van der Waals surface area contributed by atoms with Gasteiger partial charge in [-0.15, -0.1) is 0 Å². The van der Waals surface area contributed by atoms with Gasteiger partial charge in [0, 0.05) is 17.5 Å². The molecular formula is C19H21NO. The summed E-state index contributed by atoms with van der Waals surface area (Å²) in [5.74, 6) is 0.938. The van der Waals surface area contributed by atoms with Crippen LogP contribution in [0.2, 0.25) is 0 Å². The standard InChI is InChI=1S/C19H21NO/c1-3-9-20-13-15-5-4-6-16(11-15)19-12-17-10-14(2)7-8-18(17)21-19/h4-8,10-12,20H,3,9,13H2,1-2H3. The van der Waals surface area contributed by atoms with Crippen molar-refractivity contribution in [3.63, 3.8) is 0 Å². The van der Waals surface area contributed by atoms with Gasteiger partial charge in [0.1, 0.15) is 11.3 Å². The van der Waals surface area contributed by atoms with Gasteiger partial charge in [-0.25, -0.2) is 0 Å². The smallest absolute Gasteiger partial charge is 0.135 e. The Bertz CT molecular complexity index is 742. The van der Waals surface area contributed by atoms with Gasteiger partial charge >= 0.3 is 0 Å². The molecule has 0 aliphatic rings. The molecule has 0 fully saturated rings. The third-order valence-electron chi connectivity index (χ3n) is 3.64. The summed E-state index contributed by atoms with van der Waals surface area (Å²) in [5, 5.41) is 4.60. The van der Waals surface area contributed by atoms with E-state index in [4.69, 9.17) is 4.42 Å². The summed E-state index contributed by atoms with van der Waals surface area (Å²) in [4.78, 5) is 0. The van der Waals surface area contributed by atoms with Crippen LogP contribution in [0.25, 0.3) is 22.3 Å². The van der Waals surface area contributed by atoms with Crippen molar-refractivity contribution in [1.82, 2.24) is 5.32 Å². The maximum Gasteiger partial charge on any atom is 0.135 e. The zero-order valence-corrected chi connectivity index (χ0v) is 12.6. The van der Waals surface area contributed by atoms with Crippen LogP contribution in [0.3, 0.4) is 0 Å². The molecule has 1 N–H and O–H groups in total. The molecule has 0 saturated heterocycles. The molecule has 1 aromatic heterocycles. The van der Waals surface area contributed by atoms with E-state index in [0.29, 0.717) is 0 Å². The summed E-state index contributed by atoms with van der Waals surface area (Å²) in [6.07, 6.45) is 1.16. The van der Waals surface area contributed by atoms with Crippen molar-refractivity contribution in [2.75, 3.05) is 6.54 Å². The normalized spacial score (nSPS) is 11.1. The number of fused-ring (bicyclic) bond motifs is 1. The van der Waals surface area contributed by atoms with E-state index in [1.54, 1.807) is 0 Å². The highest BCUT2D eigenvalue weighted by atomic mass is 16.3. The summed E-state index contributed by atoms with van der Waals surface area (Å²) >= 11 is 0. The van der Waals surface area contributed by atoms with E-state index in [-0.39, 0.29) is 0 Å². The molecule has 0 radical (unpaired) electrons.